The minimum absolute atomic E-state index is 0.00646. The van der Waals surface area contributed by atoms with Gasteiger partial charge < -0.3 is 19.5 Å². The molecule has 0 amide bonds. The first-order valence-corrected chi connectivity index (χ1v) is 24.9. The van der Waals surface area contributed by atoms with Gasteiger partial charge in [0, 0.05) is 6.54 Å². The van der Waals surface area contributed by atoms with E-state index in [4.69, 9.17) is 9.47 Å². The third kappa shape index (κ3) is 35.6. The highest BCUT2D eigenvalue weighted by Crippen LogP contribution is 2.23. The summed E-state index contributed by atoms with van der Waals surface area (Å²) in [6.45, 7) is 13.1. The fourth-order valence-corrected chi connectivity index (χ4v) is 8.49. The number of aliphatic hydroxyl groups is 1. The summed E-state index contributed by atoms with van der Waals surface area (Å²) in [5.74, 6) is 1.24. The van der Waals surface area contributed by atoms with Crippen LogP contribution in [0.25, 0.3) is 0 Å². The van der Waals surface area contributed by atoms with Gasteiger partial charge in [-0.15, -0.1) is 11.8 Å². The van der Waals surface area contributed by atoms with E-state index >= 15 is 0 Å². The number of hydrogen-bond acceptors (Lipinski definition) is 7. The van der Waals surface area contributed by atoms with E-state index in [1.54, 1.807) is 0 Å². The molecule has 322 valence electrons. The molecule has 0 aromatic heterocycles. The first kappa shape index (κ1) is 53.2. The summed E-state index contributed by atoms with van der Waals surface area (Å²) in [5, 5.41) is 9.61. The zero-order valence-corrected chi connectivity index (χ0v) is 37.5. The summed E-state index contributed by atoms with van der Waals surface area (Å²) >= 11 is 1.83. The standard InChI is InChI=1S/C47H93NO5S/c1-5-9-13-17-20-27-35-44(34-26-15-11-7-3)46(50)52-41-31-23-19-18-21-29-37-48(39-40-49)38-30-22-24-32-42-53-47(51)45(36-28-16-12-8-4)54-43-33-25-14-10-6-2/h44-45,49H,5-43H2,1-4H3. The maximum absolute atomic E-state index is 12.9. The number of aliphatic hydroxyl groups excluding tert-OH is 1. The van der Waals surface area contributed by atoms with Gasteiger partial charge in [-0.2, -0.15) is 0 Å². The molecule has 0 aliphatic carbocycles. The molecule has 0 saturated carbocycles. The predicted octanol–water partition coefficient (Wildman–Crippen LogP) is 13.6. The minimum atomic E-state index is 0.00646. The predicted molar refractivity (Wildman–Crippen MR) is 236 cm³/mol. The van der Waals surface area contributed by atoms with E-state index in [1.165, 1.54) is 128 Å². The van der Waals surface area contributed by atoms with Crippen molar-refractivity contribution in [3.8, 4) is 0 Å². The Morgan fingerprint density at radius 2 is 0.852 bits per heavy atom. The molecule has 54 heavy (non-hydrogen) atoms. The van der Waals surface area contributed by atoms with E-state index in [-0.39, 0.29) is 29.7 Å². The highest BCUT2D eigenvalue weighted by atomic mass is 32.2. The summed E-state index contributed by atoms with van der Waals surface area (Å²) in [6, 6.07) is 0. The average Bonchev–Trinajstić information content (AvgIpc) is 3.17. The van der Waals surface area contributed by atoms with E-state index in [1.807, 2.05) is 11.8 Å². The Hall–Kier alpha value is -0.790. The third-order valence-corrected chi connectivity index (χ3v) is 12.3. The third-order valence-electron chi connectivity index (χ3n) is 10.9. The number of ether oxygens (including phenoxy) is 2. The van der Waals surface area contributed by atoms with Crippen LogP contribution < -0.4 is 0 Å². The smallest absolute Gasteiger partial charge is 0.319 e. The zero-order chi connectivity index (χ0) is 39.6. The van der Waals surface area contributed by atoms with Crippen molar-refractivity contribution in [2.75, 3.05) is 45.2 Å². The monoisotopic (exact) mass is 784 g/mol. The molecule has 7 heteroatoms. The first-order valence-electron chi connectivity index (χ1n) is 23.8. The van der Waals surface area contributed by atoms with Crippen LogP contribution >= 0.6 is 11.8 Å². The summed E-state index contributed by atoms with van der Waals surface area (Å²) < 4.78 is 11.6. The second kappa shape index (κ2) is 43.3. The maximum Gasteiger partial charge on any atom is 0.319 e. The quantitative estimate of drug-likeness (QED) is 0.0487. The molecule has 0 aliphatic heterocycles. The Labute approximate surface area is 341 Å². The normalized spacial score (nSPS) is 12.7. The average molecular weight is 784 g/mol. The lowest BCUT2D eigenvalue weighted by molar-refractivity contribution is -0.149. The molecule has 2 atom stereocenters. The molecule has 1 N–H and O–H groups in total. The Morgan fingerprint density at radius 1 is 0.463 bits per heavy atom. The van der Waals surface area contributed by atoms with Gasteiger partial charge in [-0.25, -0.2) is 0 Å². The van der Waals surface area contributed by atoms with E-state index < -0.39 is 0 Å². The van der Waals surface area contributed by atoms with Crippen LogP contribution in [0.4, 0.5) is 0 Å². The number of hydrogen-bond donors (Lipinski definition) is 1. The number of carbonyl (C=O) groups excluding carboxylic acids is 2. The maximum atomic E-state index is 12.9. The van der Waals surface area contributed by atoms with Crippen LogP contribution in [0.1, 0.15) is 233 Å². The molecule has 0 rings (SSSR count). The number of esters is 2. The second-order valence-electron chi connectivity index (χ2n) is 16.2. The first-order chi connectivity index (χ1) is 26.5. The molecule has 2 unspecified atom stereocenters. The molecule has 0 saturated heterocycles. The van der Waals surface area contributed by atoms with E-state index in [2.05, 4.69) is 32.6 Å². The Balaban J connectivity index is 4.12. The van der Waals surface area contributed by atoms with Crippen LogP contribution in [0.2, 0.25) is 0 Å². The lowest BCUT2D eigenvalue weighted by atomic mass is 9.94. The van der Waals surface area contributed by atoms with Crippen molar-refractivity contribution >= 4 is 23.7 Å². The molecule has 0 aromatic rings. The topological polar surface area (TPSA) is 76.1 Å². The molecule has 0 aromatic carbocycles. The van der Waals surface area contributed by atoms with E-state index in [0.29, 0.717) is 13.2 Å². The number of rotatable bonds is 44. The van der Waals surface area contributed by atoms with E-state index in [9.17, 15) is 14.7 Å². The van der Waals surface area contributed by atoms with Crippen molar-refractivity contribution in [2.45, 2.75) is 238 Å². The van der Waals surface area contributed by atoms with Crippen molar-refractivity contribution in [3.05, 3.63) is 0 Å². The van der Waals surface area contributed by atoms with Gasteiger partial charge in [0.15, 0.2) is 0 Å². The highest BCUT2D eigenvalue weighted by Gasteiger charge is 2.21. The molecular weight excluding hydrogens is 691 g/mol. The summed E-state index contributed by atoms with van der Waals surface area (Å²) in [5.41, 5.74) is 0. The van der Waals surface area contributed by atoms with Crippen LogP contribution in [-0.4, -0.2) is 72.4 Å². The van der Waals surface area contributed by atoms with Crippen molar-refractivity contribution in [3.63, 3.8) is 0 Å². The second-order valence-corrected chi connectivity index (χ2v) is 17.5. The fraction of sp³-hybridized carbons (Fsp3) is 0.957. The van der Waals surface area contributed by atoms with E-state index in [0.717, 1.165) is 102 Å². The van der Waals surface area contributed by atoms with Crippen molar-refractivity contribution in [2.24, 2.45) is 5.92 Å². The molecule has 0 fully saturated rings. The van der Waals surface area contributed by atoms with Crippen LogP contribution in [0.15, 0.2) is 0 Å². The Kier molecular flexibility index (Phi) is 42.7. The van der Waals surface area contributed by atoms with Gasteiger partial charge in [-0.05, 0) is 70.2 Å². The summed E-state index contributed by atoms with van der Waals surface area (Å²) in [6.07, 6.45) is 37.8. The SMILES string of the molecule is CCCCCCCCC(CCCCCC)C(=O)OCCCCCCCCN(CCO)CCCCCCOC(=O)C(CCCCCC)SCCCCCCC. The van der Waals surface area contributed by atoms with Crippen LogP contribution in [0, 0.1) is 5.92 Å². The van der Waals surface area contributed by atoms with Crippen molar-refractivity contribution < 1.29 is 24.2 Å². The fourth-order valence-electron chi connectivity index (χ4n) is 7.29. The van der Waals surface area contributed by atoms with Crippen LogP contribution in [0.3, 0.4) is 0 Å². The molecule has 0 spiro atoms. The molecular formula is C47H93NO5S. The number of nitrogens with zero attached hydrogens (tertiary/aromatic N) is 1. The van der Waals surface area contributed by atoms with Gasteiger partial charge in [0.05, 0.1) is 25.7 Å². The van der Waals surface area contributed by atoms with Crippen LogP contribution in [-0.2, 0) is 19.1 Å². The number of carbonyl (C=O) groups is 2. The molecule has 0 radical (unpaired) electrons. The minimum Gasteiger partial charge on any atom is -0.465 e. The van der Waals surface area contributed by atoms with Gasteiger partial charge in [0.25, 0.3) is 0 Å². The Bertz CT molecular complexity index is 783. The lowest BCUT2D eigenvalue weighted by Gasteiger charge is -2.21. The van der Waals surface area contributed by atoms with Gasteiger partial charge in [0.2, 0.25) is 0 Å². The molecule has 0 aliphatic rings. The zero-order valence-electron chi connectivity index (χ0n) is 36.7. The Morgan fingerprint density at radius 3 is 1.35 bits per heavy atom. The van der Waals surface area contributed by atoms with Crippen molar-refractivity contribution in [1.29, 1.82) is 0 Å². The molecule has 6 nitrogen and oxygen atoms in total. The van der Waals surface area contributed by atoms with Gasteiger partial charge in [-0.3, -0.25) is 9.59 Å². The van der Waals surface area contributed by atoms with Crippen molar-refractivity contribution in [1.82, 2.24) is 4.90 Å². The largest absolute Gasteiger partial charge is 0.465 e. The van der Waals surface area contributed by atoms with Gasteiger partial charge >= 0.3 is 11.9 Å². The summed E-state index contributed by atoms with van der Waals surface area (Å²) in [4.78, 5) is 28.2. The molecule has 0 bridgehead atoms. The molecule has 0 heterocycles. The number of unbranched alkanes of at least 4 members (excludes halogenated alkanes) is 23. The summed E-state index contributed by atoms with van der Waals surface area (Å²) in [7, 11) is 0. The van der Waals surface area contributed by atoms with Gasteiger partial charge in [-0.1, -0.05) is 182 Å². The number of thioether (sulfide) groups is 1. The van der Waals surface area contributed by atoms with Gasteiger partial charge in [0.1, 0.15) is 5.25 Å². The van der Waals surface area contributed by atoms with Crippen LogP contribution in [0.5, 0.6) is 0 Å². The highest BCUT2D eigenvalue weighted by molar-refractivity contribution is 8.00. The lowest BCUT2D eigenvalue weighted by Crippen LogP contribution is -2.29.